The standard InChI is InChI=1S/C15H11BrClN3/c1-20-15(13(16)8-19)11-6-5-10-9(12(11)7-18)3-2-4-14(10)17/h2-6,8,19-20H,1H3/b15-13+,19-8?. The highest BCUT2D eigenvalue weighted by Crippen LogP contribution is 2.31. The van der Waals surface area contributed by atoms with Crippen LogP contribution < -0.4 is 5.32 Å². The van der Waals surface area contributed by atoms with Crippen LogP contribution in [0.5, 0.6) is 0 Å². The minimum atomic E-state index is 0.535. The van der Waals surface area contributed by atoms with Gasteiger partial charge in [0.05, 0.1) is 15.7 Å². The van der Waals surface area contributed by atoms with E-state index in [-0.39, 0.29) is 0 Å². The number of nitriles is 1. The summed E-state index contributed by atoms with van der Waals surface area (Å²) in [4.78, 5) is 0. The minimum Gasteiger partial charge on any atom is -0.387 e. The van der Waals surface area contributed by atoms with E-state index in [2.05, 4.69) is 27.3 Å². The van der Waals surface area contributed by atoms with Crippen molar-refractivity contribution in [3.05, 3.63) is 51.0 Å². The minimum absolute atomic E-state index is 0.535. The first kappa shape index (κ1) is 14.6. The Hall–Kier alpha value is -1.83. The van der Waals surface area contributed by atoms with Crippen LogP contribution >= 0.6 is 27.5 Å². The molecule has 0 aliphatic heterocycles. The number of hydrogen-bond donors (Lipinski definition) is 2. The molecule has 0 amide bonds. The number of fused-ring (bicyclic) bond motifs is 1. The summed E-state index contributed by atoms with van der Waals surface area (Å²) < 4.78 is 0.581. The highest BCUT2D eigenvalue weighted by Gasteiger charge is 2.13. The molecule has 0 aromatic heterocycles. The smallest absolute Gasteiger partial charge is 0.100 e. The maximum atomic E-state index is 9.49. The van der Waals surface area contributed by atoms with Gasteiger partial charge in [-0.1, -0.05) is 35.9 Å². The molecule has 0 fully saturated rings. The molecule has 2 aromatic rings. The first-order valence-electron chi connectivity index (χ1n) is 5.83. The lowest BCUT2D eigenvalue weighted by Crippen LogP contribution is -2.08. The quantitative estimate of drug-likeness (QED) is 0.813. The van der Waals surface area contributed by atoms with Crippen molar-refractivity contribution >= 4 is 50.2 Å². The Balaban J connectivity index is 2.87. The van der Waals surface area contributed by atoms with E-state index in [1.807, 2.05) is 24.3 Å². The number of allylic oxidation sites excluding steroid dienone is 1. The van der Waals surface area contributed by atoms with Crippen LogP contribution in [-0.4, -0.2) is 13.3 Å². The molecular weight excluding hydrogens is 338 g/mol. The molecule has 0 heterocycles. The average Bonchev–Trinajstić information content (AvgIpc) is 2.47. The second-order valence-corrected chi connectivity index (χ2v) is 5.31. The Bertz CT molecular complexity index is 760. The van der Waals surface area contributed by atoms with Gasteiger partial charge >= 0.3 is 0 Å². The molecule has 20 heavy (non-hydrogen) atoms. The lowest BCUT2D eigenvalue weighted by Gasteiger charge is -2.13. The van der Waals surface area contributed by atoms with Gasteiger partial charge in [-0.2, -0.15) is 5.26 Å². The van der Waals surface area contributed by atoms with Crippen molar-refractivity contribution < 1.29 is 0 Å². The van der Waals surface area contributed by atoms with Crippen LogP contribution in [0.15, 0.2) is 34.8 Å². The normalized spacial score (nSPS) is 11.7. The number of halogens is 2. The van der Waals surface area contributed by atoms with Crippen molar-refractivity contribution in [1.29, 1.82) is 10.7 Å². The first-order chi connectivity index (χ1) is 9.63. The summed E-state index contributed by atoms with van der Waals surface area (Å²) in [5.74, 6) is 0. The summed E-state index contributed by atoms with van der Waals surface area (Å²) >= 11 is 9.48. The fraction of sp³-hybridized carbons (Fsp3) is 0.0667. The van der Waals surface area contributed by atoms with Crippen molar-refractivity contribution in [3.8, 4) is 6.07 Å². The van der Waals surface area contributed by atoms with Gasteiger partial charge in [0.1, 0.15) is 6.07 Å². The van der Waals surface area contributed by atoms with Crippen LogP contribution in [0.3, 0.4) is 0 Å². The maximum absolute atomic E-state index is 9.49. The number of nitrogens with one attached hydrogen (secondary N) is 2. The Morgan fingerprint density at radius 1 is 1.35 bits per heavy atom. The topological polar surface area (TPSA) is 59.7 Å². The number of benzene rings is 2. The molecule has 2 rings (SSSR count). The van der Waals surface area contributed by atoms with Crippen molar-refractivity contribution in [1.82, 2.24) is 5.32 Å². The summed E-state index contributed by atoms with van der Waals surface area (Å²) in [6, 6.07) is 11.4. The average molecular weight is 349 g/mol. The molecule has 0 atom stereocenters. The molecule has 0 saturated heterocycles. The van der Waals surface area contributed by atoms with Gasteiger partial charge in [-0.3, -0.25) is 0 Å². The predicted molar refractivity (Wildman–Crippen MR) is 87.4 cm³/mol. The summed E-state index contributed by atoms with van der Waals surface area (Å²) in [6.45, 7) is 0. The highest BCUT2D eigenvalue weighted by molar-refractivity contribution is 9.12. The third kappa shape index (κ3) is 2.43. The zero-order valence-corrected chi connectivity index (χ0v) is 13.0. The molecule has 0 radical (unpaired) electrons. The molecule has 0 bridgehead atoms. The summed E-state index contributed by atoms with van der Waals surface area (Å²) in [5, 5.41) is 22.1. The van der Waals surface area contributed by atoms with E-state index in [0.717, 1.165) is 16.3 Å². The Kier molecular flexibility index (Phi) is 4.43. The third-order valence-electron chi connectivity index (χ3n) is 3.00. The van der Waals surface area contributed by atoms with Crippen molar-refractivity contribution in [2.75, 3.05) is 7.05 Å². The fourth-order valence-electron chi connectivity index (χ4n) is 2.10. The zero-order valence-electron chi connectivity index (χ0n) is 10.7. The molecular formula is C15H11BrClN3. The van der Waals surface area contributed by atoms with Gasteiger partial charge in [0.25, 0.3) is 0 Å². The van der Waals surface area contributed by atoms with Crippen LogP contribution in [0.1, 0.15) is 11.1 Å². The summed E-state index contributed by atoms with van der Waals surface area (Å²) in [6.07, 6.45) is 1.19. The molecule has 0 saturated carbocycles. The Labute approximate surface area is 130 Å². The van der Waals surface area contributed by atoms with E-state index in [9.17, 15) is 5.26 Å². The molecule has 2 aromatic carbocycles. The van der Waals surface area contributed by atoms with Gasteiger partial charge in [-0.15, -0.1) is 0 Å². The summed E-state index contributed by atoms with van der Waals surface area (Å²) in [5.41, 5.74) is 1.96. The van der Waals surface area contributed by atoms with Gasteiger partial charge in [0.15, 0.2) is 0 Å². The van der Waals surface area contributed by atoms with Crippen molar-refractivity contribution in [2.45, 2.75) is 0 Å². The zero-order chi connectivity index (χ0) is 14.7. The maximum Gasteiger partial charge on any atom is 0.100 e. The van der Waals surface area contributed by atoms with E-state index in [0.29, 0.717) is 20.8 Å². The van der Waals surface area contributed by atoms with Crippen LogP contribution in [0, 0.1) is 16.7 Å². The third-order valence-corrected chi connectivity index (χ3v) is 3.96. The largest absolute Gasteiger partial charge is 0.387 e. The number of rotatable bonds is 3. The van der Waals surface area contributed by atoms with E-state index < -0.39 is 0 Å². The SMILES string of the molecule is CN/C(=C(/Br)C=N)c1ccc2c(Cl)cccc2c1C#N. The first-order valence-corrected chi connectivity index (χ1v) is 7.00. The van der Waals surface area contributed by atoms with Gasteiger partial charge in [-0.05, 0) is 22.0 Å². The molecule has 100 valence electrons. The van der Waals surface area contributed by atoms with Gasteiger partial charge in [0, 0.05) is 34.6 Å². The van der Waals surface area contributed by atoms with Crippen LogP contribution in [0.25, 0.3) is 16.5 Å². The number of nitrogens with zero attached hydrogens (tertiary/aromatic N) is 1. The van der Waals surface area contributed by atoms with E-state index in [1.54, 1.807) is 13.1 Å². The monoisotopic (exact) mass is 347 g/mol. The lowest BCUT2D eigenvalue weighted by atomic mass is 9.97. The second-order valence-electron chi connectivity index (χ2n) is 4.05. The van der Waals surface area contributed by atoms with Crippen LogP contribution in [-0.2, 0) is 0 Å². The molecule has 0 spiro atoms. The lowest BCUT2D eigenvalue weighted by molar-refractivity contribution is 1.13. The Morgan fingerprint density at radius 3 is 2.70 bits per heavy atom. The second kappa shape index (κ2) is 6.08. The van der Waals surface area contributed by atoms with E-state index >= 15 is 0 Å². The van der Waals surface area contributed by atoms with Crippen molar-refractivity contribution in [3.63, 3.8) is 0 Å². The Morgan fingerprint density at radius 2 is 2.10 bits per heavy atom. The highest BCUT2D eigenvalue weighted by atomic mass is 79.9. The van der Waals surface area contributed by atoms with Crippen LogP contribution in [0.4, 0.5) is 0 Å². The van der Waals surface area contributed by atoms with E-state index in [4.69, 9.17) is 17.0 Å². The molecule has 0 unspecified atom stereocenters. The van der Waals surface area contributed by atoms with Crippen LogP contribution in [0.2, 0.25) is 5.02 Å². The summed E-state index contributed by atoms with van der Waals surface area (Å²) in [7, 11) is 1.75. The fourth-order valence-corrected chi connectivity index (χ4v) is 2.75. The molecule has 3 nitrogen and oxygen atoms in total. The number of hydrogen-bond acceptors (Lipinski definition) is 3. The molecule has 0 aliphatic carbocycles. The van der Waals surface area contributed by atoms with Gasteiger partial charge < -0.3 is 10.7 Å². The van der Waals surface area contributed by atoms with Crippen molar-refractivity contribution in [2.24, 2.45) is 0 Å². The predicted octanol–water partition coefficient (Wildman–Crippen LogP) is 4.30. The van der Waals surface area contributed by atoms with Gasteiger partial charge in [0.2, 0.25) is 0 Å². The molecule has 0 aliphatic rings. The molecule has 2 N–H and O–H groups in total. The van der Waals surface area contributed by atoms with Gasteiger partial charge in [-0.25, -0.2) is 0 Å². The van der Waals surface area contributed by atoms with E-state index in [1.165, 1.54) is 6.21 Å². The molecule has 5 heteroatoms.